The highest BCUT2D eigenvalue weighted by Crippen LogP contribution is 2.38. The molecule has 2 N–H and O–H groups in total. The molecule has 2 aromatic rings. The summed E-state index contributed by atoms with van der Waals surface area (Å²) < 4.78 is 11.1. The molecule has 0 saturated heterocycles. The van der Waals surface area contributed by atoms with E-state index in [1.165, 1.54) is 0 Å². The number of amides is 3. The molecule has 10 heteroatoms. The van der Waals surface area contributed by atoms with Crippen LogP contribution in [0.15, 0.2) is 48.5 Å². The zero-order valence-corrected chi connectivity index (χ0v) is 28.0. The average Bonchev–Trinajstić information content (AvgIpc) is 3.74. The summed E-state index contributed by atoms with van der Waals surface area (Å²) in [5, 5.41) is 5.59. The van der Waals surface area contributed by atoms with Gasteiger partial charge in [-0.05, 0) is 90.5 Å². The van der Waals surface area contributed by atoms with E-state index in [1.807, 2.05) is 62.4 Å². The molecule has 3 unspecified atom stereocenters. The zero-order chi connectivity index (χ0) is 32.8. The molecule has 0 bridgehead atoms. The highest BCUT2D eigenvalue weighted by Gasteiger charge is 2.45. The number of carbonyl (C=O) groups excluding carboxylic acids is 4. The first-order valence-electron chi connectivity index (χ1n) is 15.1. The highest BCUT2D eigenvalue weighted by atomic mass is 32.1. The van der Waals surface area contributed by atoms with Crippen LogP contribution >= 0.6 is 12.6 Å². The number of alkyl carbamates (subject to hydrolysis) is 1. The summed E-state index contributed by atoms with van der Waals surface area (Å²) in [7, 11) is 0. The molecular formula is C34H47N3O6S. The third-order valence-electron chi connectivity index (χ3n) is 7.00. The van der Waals surface area contributed by atoms with E-state index < -0.39 is 53.2 Å². The fourth-order valence-corrected chi connectivity index (χ4v) is 5.26. The van der Waals surface area contributed by atoms with Crippen LogP contribution in [0.25, 0.3) is 0 Å². The van der Waals surface area contributed by atoms with Gasteiger partial charge < -0.3 is 25.0 Å². The number of ether oxygens (including phenoxy) is 2. The Morgan fingerprint density at radius 3 is 1.91 bits per heavy atom. The quantitative estimate of drug-likeness (QED) is 0.233. The second kappa shape index (κ2) is 14.5. The number of hydrogen-bond acceptors (Lipinski definition) is 7. The summed E-state index contributed by atoms with van der Waals surface area (Å²) in [5.41, 5.74) is 1.63. The Labute approximate surface area is 266 Å². The first-order valence-corrected chi connectivity index (χ1v) is 15.7. The van der Waals surface area contributed by atoms with Gasteiger partial charge in [-0.1, -0.05) is 48.5 Å². The van der Waals surface area contributed by atoms with Gasteiger partial charge in [0.25, 0.3) is 0 Å². The van der Waals surface area contributed by atoms with Crippen molar-refractivity contribution in [3.05, 3.63) is 70.8 Å². The maximum absolute atomic E-state index is 14.5. The van der Waals surface area contributed by atoms with Crippen molar-refractivity contribution in [2.45, 2.75) is 110 Å². The van der Waals surface area contributed by atoms with Gasteiger partial charge >= 0.3 is 12.1 Å². The van der Waals surface area contributed by atoms with E-state index in [4.69, 9.17) is 9.47 Å². The molecular weight excluding hydrogens is 578 g/mol. The van der Waals surface area contributed by atoms with Crippen LogP contribution < -0.4 is 10.6 Å². The summed E-state index contributed by atoms with van der Waals surface area (Å²) in [6.07, 6.45) is 0.858. The van der Waals surface area contributed by atoms with Gasteiger partial charge in [0.1, 0.15) is 29.3 Å². The van der Waals surface area contributed by atoms with Crippen molar-refractivity contribution in [3.63, 3.8) is 0 Å². The Bertz CT molecular complexity index is 1310. The van der Waals surface area contributed by atoms with E-state index in [2.05, 4.69) is 23.3 Å². The molecule has 0 spiro atoms. The highest BCUT2D eigenvalue weighted by molar-refractivity contribution is 7.80. The molecule has 0 heterocycles. The van der Waals surface area contributed by atoms with Gasteiger partial charge in [0.05, 0.1) is 0 Å². The molecule has 3 rings (SSSR count). The molecule has 0 aliphatic heterocycles. The summed E-state index contributed by atoms with van der Waals surface area (Å²) in [4.78, 5) is 56.4. The third kappa shape index (κ3) is 10.0. The maximum atomic E-state index is 14.5. The summed E-state index contributed by atoms with van der Waals surface area (Å²) in [5.74, 6) is -1.53. The van der Waals surface area contributed by atoms with Gasteiger partial charge in [-0.2, -0.15) is 12.6 Å². The SMILES string of the molecule is Cc1cccc(C)c1C(C(=O)NC(Cc1ccccc1)C(=O)OC(C)(C)C)N(C(=O)C(CS)NC(=O)OC(C)(C)C)C1CC1. The zero-order valence-electron chi connectivity index (χ0n) is 27.1. The van der Waals surface area contributed by atoms with Gasteiger partial charge in [0.2, 0.25) is 11.8 Å². The van der Waals surface area contributed by atoms with Crippen molar-refractivity contribution in [1.82, 2.24) is 15.5 Å². The van der Waals surface area contributed by atoms with Crippen molar-refractivity contribution in [1.29, 1.82) is 0 Å². The van der Waals surface area contributed by atoms with Crippen LogP contribution in [-0.4, -0.2) is 63.9 Å². The fraction of sp³-hybridized carbons (Fsp3) is 0.529. The standard InChI is InChI=1S/C34H47N3O6S/c1-21-13-12-14-22(2)27(21)28(37(24-17-18-24)30(39)26(20-44)36-32(41)43-34(6,7)8)29(38)35-25(31(40)42-33(3,4)5)19-23-15-10-9-11-16-23/h9-16,24-26,28,44H,17-20H2,1-8H3,(H,35,38)(H,36,41). The van der Waals surface area contributed by atoms with Crippen molar-refractivity contribution < 1.29 is 28.7 Å². The molecule has 0 aromatic heterocycles. The van der Waals surface area contributed by atoms with Gasteiger partial charge in [-0.15, -0.1) is 0 Å². The smallest absolute Gasteiger partial charge is 0.408 e. The monoisotopic (exact) mass is 625 g/mol. The number of aryl methyl sites for hydroxylation is 2. The predicted molar refractivity (Wildman–Crippen MR) is 173 cm³/mol. The molecule has 0 radical (unpaired) electrons. The number of carbonyl (C=O) groups is 4. The minimum atomic E-state index is -1.07. The lowest BCUT2D eigenvalue weighted by atomic mass is 9.93. The van der Waals surface area contributed by atoms with Crippen LogP contribution in [0.1, 0.15) is 82.7 Å². The van der Waals surface area contributed by atoms with Crippen molar-refractivity contribution in [3.8, 4) is 0 Å². The Hall–Kier alpha value is -3.53. The Morgan fingerprint density at radius 2 is 1.41 bits per heavy atom. The predicted octanol–water partition coefficient (Wildman–Crippen LogP) is 5.23. The summed E-state index contributed by atoms with van der Waals surface area (Å²) in [6.45, 7) is 14.3. The molecule has 1 aliphatic carbocycles. The van der Waals surface area contributed by atoms with Crippen LogP contribution in [0.2, 0.25) is 0 Å². The molecule has 44 heavy (non-hydrogen) atoms. The number of hydrogen-bond donors (Lipinski definition) is 3. The number of nitrogens with zero attached hydrogens (tertiary/aromatic N) is 1. The second-order valence-electron chi connectivity index (χ2n) is 13.4. The van der Waals surface area contributed by atoms with Crippen LogP contribution in [0.3, 0.4) is 0 Å². The number of benzene rings is 2. The fourth-order valence-electron chi connectivity index (χ4n) is 5.01. The van der Waals surface area contributed by atoms with Crippen molar-refractivity contribution in [2.75, 3.05) is 5.75 Å². The third-order valence-corrected chi connectivity index (χ3v) is 7.36. The Morgan fingerprint density at radius 1 is 0.841 bits per heavy atom. The summed E-state index contributed by atoms with van der Waals surface area (Å²) in [6, 6.07) is 11.7. The lowest BCUT2D eigenvalue weighted by molar-refractivity contribution is -0.159. The van der Waals surface area contributed by atoms with Crippen molar-refractivity contribution in [2.24, 2.45) is 0 Å². The second-order valence-corrected chi connectivity index (χ2v) is 13.7. The number of esters is 1. The average molecular weight is 626 g/mol. The van der Waals surface area contributed by atoms with Crippen LogP contribution in [0, 0.1) is 13.8 Å². The first-order chi connectivity index (χ1) is 20.5. The van der Waals surface area contributed by atoms with Crippen molar-refractivity contribution >= 4 is 36.5 Å². The van der Waals surface area contributed by atoms with Gasteiger partial charge in [0, 0.05) is 18.2 Å². The number of nitrogens with one attached hydrogen (secondary N) is 2. The van der Waals surface area contributed by atoms with Gasteiger partial charge in [0.15, 0.2) is 0 Å². The minimum absolute atomic E-state index is 0.00305. The topological polar surface area (TPSA) is 114 Å². The van der Waals surface area contributed by atoms with Gasteiger partial charge in [-0.25, -0.2) is 9.59 Å². The van der Waals surface area contributed by atoms with Crippen LogP contribution in [-0.2, 0) is 30.3 Å². The number of rotatable bonds is 11. The molecule has 1 aliphatic rings. The van der Waals surface area contributed by atoms with E-state index in [0.717, 1.165) is 16.7 Å². The molecule has 2 aromatic carbocycles. The van der Waals surface area contributed by atoms with E-state index in [9.17, 15) is 19.2 Å². The van der Waals surface area contributed by atoms with E-state index in [0.29, 0.717) is 18.4 Å². The molecule has 3 amide bonds. The van der Waals surface area contributed by atoms with Gasteiger partial charge in [-0.3, -0.25) is 9.59 Å². The molecule has 240 valence electrons. The maximum Gasteiger partial charge on any atom is 0.408 e. The lowest BCUT2D eigenvalue weighted by Crippen LogP contribution is -2.56. The van der Waals surface area contributed by atoms with E-state index in [-0.39, 0.29) is 18.2 Å². The molecule has 3 atom stereocenters. The first kappa shape index (κ1) is 35.0. The molecule has 1 fully saturated rings. The number of thiol groups is 1. The van der Waals surface area contributed by atoms with Crippen LogP contribution in [0.4, 0.5) is 4.79 Å². The lowest BCUT2D eigenvalue weighted by Gasteiger charge is -2.36. The normalized spacial score (nSPS) is 15.4. The van der Waals surface area contributed by atoms with Crippen LogP contribution in [0.5, 0.6) is 0 Å². The minimum Gasteiger partial charge on any atom is -0.458 e. The Balaban J connectivity index is 2.04. The summed E-state index contributed by atoms with van der Waals surface area (Å²) >= 11 is 4.37. The molecule has 1 saturated carbocycles. The Kier molecular flexibility index (Phi) is 11.5. The largest absolute Gasteiger partial charge is 0.458 e. The van der Waals surface area contributed by atoms with E-state index in [1.54, 1.807) is 46.4 Å². The van der Waals surface area contributed by atoms with E-state index >= 15 is 0 Å². The molecule has 9 nitrogen and oxygen atoms in total.